The van der Waals surface area contributed by atoms with Crippen LogP contribution in [0.5, 0.6) is 0 Å². The number of nitrogens with zero attached hydrogens (tertiary/aromatic N) is 2. The molecule has 132 valence electrons. The summed E-state index contributed by atoms with van der Waals surface area (Å²) in [5.41, 5.74) is 1.52. The summed E-state index contributed by atoms with van der Waals surface area (Å²) in [6, 6.07) is 0. The Kier molecular flexibility index (Phi) is 5.63. The number of aryl methyl sites for hydroxylation is 1. The molecule has 0 aliphatic carbocycles. The van der Waals surface area contributed by atoms with Gasteiger partial charge in [-0.2, -0.15) is 0 Å². The normalized spacial score (nSPS) is 11.7. The van der Waals surface area contributed by atoms with E-state index in [4.69, 9.17) is 9.47 Å². The Morgan fingerprint density at radius 1 is 1.20 bits per heavy atom. The lowest BCUT2D eigenvalue weighted by Gasteiger charge is -2.11. The van der Waals surface area contributed by atoms with E-state index in [1.165, 1.54) is 25.5 Å². The molecule has 2 aromatic rings. The first-order valence-corrected chi connectivity index (χ1v) is 7.74. The molecular weight excluding hydrogens is 326 g/mol. The van der Waals surface area contributed by atoms with E-state index in [9.17, 15) is 14.4 Å². The first-order chi connectivity index (χ1) is 11.9. The second-order valence-electron chi connectivity index (χ2n) is 5.35. The van der Waals surface area contributed by atoms with Gasteiger partial charge in [0.1, 0.15) is 0 Å². The molecule has 0 aliphatic rings. The molecule has 2 rings (SSSR count). The Morgan fingerprint density at radius 3 is 2.52 bits per heavy atom. The number of H-pyrrole nitrogens is 1. The Hall–Kier alpha value is -3.03. The number of esters is 2. The van der Waals surface area contributed by atoms with Gasteiger partial charge in [-0.15, -0.1) is 0 Å². The Labute approximate surface area is 144 Å². The fraction of sp³-hybridized carbons (Fsp3) is 0.353. The van der Waals surface area contributed by atoms with Gasteiger partial charge >= 0.3 is 11.9 Å². The first-order valence-electron chi connectivity index (χ1n) is 7.74. The molecule has 0 aromatic carbocycles. The number of ether oxygens (including phenoxy) is 2. The van der Waals surface area contributed by atoms with Crippen LogP contribution in [0.25, 0.3) is 0 Å². The molecule has 0 aliphatic heterocycles. The van der Waals surface area contributed by atoms with Crippen LogP contribution in [0.1, 0.15) is 56.4 Å². The summed E-state index contributed by atoms with van der Waals surface area (Å²) in [4.78, 5) is 47.0. The zero-order chi connectivity index (χ0) is 18.6. The average molecular weight is 345 g/mol. The predicted molar refractivity (Wildman–Crippen MR) is 87.5 cm³/mol. The van der Waals surface area contributed by atoms with E-state index in [1.807, 2.05) is 0 Å². The van der Waals surface area contributed by atoms with Crippen molar-refractivity contribution in [2.75, 3.05) is 6.61 Å². The maximum absolute atomic E-state index is 12.6. The smallest absolute Gasteiger partial charge is 0.359 e. The minimum Gasteiger partial charge on any atom is -0.462 e. The Balaban J connectivity index is 2.19. The highest BCUT2D eigenvalue weighted by Crippen LogP contribution is 2.21. The molecule has 8 nitrogen and oxygen atoms in total. The van der Waals surface area contributed by atoms with Crippen molar-refractivity contribution in [3.05, 3.63) is 46.8 Å². The summed E-state index contributed by atoms with van der Waals surface area (Å²) in [5.74, 6) is -1.70. The lowest BCUT2D eigenvalue weighted by atomic mass is 10.1. The zero-order valence-corrected chi connectivity index (χ0v) is 14.5. The average Bonchev–Trinajstić information content (AvgIpc) is 2.89. The van der Waals surface area contributed by atoms with Crippen molar-refractivity contribution >= 4 is 17.7 Å². The largest absolute Gasteiger partial charge is 0.462 e. The maximum atomic E-state index is 12.6. The number of hydrogen-bond donors (Lipinski definition) is 1. The minimum absolute atomic E-state index is 0.00810. The van der Waals surface area contributed by atoms with Crippen LogP contribution in [-0.2, 0) is 9.47 Å². The third kappa shape index (κ3) is 3.90. The van der Waals surface area contributed by atoms with Crippen LogP contribution in [0.4, 0.5) is 0 Å². The predicted octanol–water partition coefficient (Wildman–Crippen LogP) is 2.03. The second kappa shape index (κ2) is 7.69. The number of aromatic amines is 1. The third-order valence-electron chi connectivity index (χ3n) is 3.59. The minimum atomic E-state index is -1.05. The molecule has 2 heterocycles. The van der Waals surface area contributed by atoms with Crippen molar-refractivity contribution in [1.82, 2.24) is 15.0 Å². The summed E-state index contributed by atoms with van der Waals surface area (Å²) in [5, 5.41) is 0. The fourth-order valence-corrected chi connectivity index (χ4v) is 2.39. The molecule has 1 unspecified atom stereocenters. The van der Waals surface area contributed by atoms with Gasteiger partial charge in [-0.1, -0.05) is 0 Å². The van der Waals surface area contributed by atoms with Crippen LogP contribution in [0.15, 0.2) is 18.6 Å². The van der Waals surface area contributed by atoms with E-state index in [-0.39, 0.29) is 18.0 Å². The summed E-state index contributed by atoms with van der Waals surface area (Å²) in [7, 11) is 0. The quantitative estimate of drug-likeness (QED) is 0.630. The summed E-state index contributed by atoms with van der Waals surface area (Å²) in [6.45, 7) is 6.70. The lowest BCUT2D eigenvalue weighted by Crippen LogP contribution is -2.25. The van der Waals surface area contributed by atoms with E-state index >= 15 is 0 Å². The highest BCUT2D eigenvalue weighted by Gasteiger charge is 2.28. The van der Waals surface area contributed by atoms with E-state index in [2.05, 4.69) is 15.0 Å². The Bertz CT molecular complexity index is 798. The van der Waals surface area contributed by atoms with Crippen molar-refractivity contribution in [1.29, 1.82) is 0 Å². The molecule has 1 N–H and O–H groups in total. The van der Waals surface area contributed by atoms with Crippen molar-refractivity contribution in [2.45, 2.75) is 33.8 Å². The van der Waals surface area contributed by atoms with Crippen LogP contribution in [0, 0.1) is 13.8 Å². The monoisotopic (exact) mass is 345 g/mol. The SMILES string of the molecule is CCOC(=O)c1c(C)[nH]c(C(=O)C(C)OC(=O)c2cnccn2)c1C. The van der Waals surface area contributed by atoms with Crippen molar-refractivity contribution in [3.8, 4) is 0 Å². The van der Waals surface area contributed by atoms with Crippen LogP contribution in [0.2, 0.25) is 0 Å². The summed E-state index contributed by atoms with van der Waals surface area (Å²) in [6.07, 6.45) is 2.98. The molecule has 0 amide bonds. The Morgan fingerprint density at radius 2 is 1.92 bits per heavy atom. The number of Topliss-reactive ketones (excluding diaryl/α,β-unsaturated/α-hetero) is 1. The standard InChI is InChI=1S/C17H19N3O5/c1-5-24-17(23)13-9(2)14(20-10(13)3)15(21)11(4)25-16(22)12-8-18-6-7-19-12/h6-8,11,20H,5H2,1-4H3. The molecule has 8 heteroatoms. The van der Waals surface area contributed by atoms with E-state index < -0.39 is 23.8 Å². The van der Waals surface area contributed by atoms with E-state index in [0.29, 0.717) is 16.8 Å². The van der Waals surface area contributed by atoms with Gasteiger partial charge in [0.05, 0.1) is 24.1 Å². The van der Waals surface area contributed by atoms with Gasteiger partial charge in [0.15, 0.2) is 11.8 Å². The third-order valence-corrected chi connectivity index (χ3v) is 3.59. The number of carbonyl (C=O) groups is 3. The van der Waals surface area contributed by atoms with Crippen molar-refractivity contribution in [3.63, 3.8) is 0 Å². The number of nitrogens with one attached hydrogen (secondary N) is 1. The molecule has 0 fully saturated rings. The second-order valence-corrected chi connectivity index (χ2v) is 5.35. The molecular formula is C17H19N3O5. The number of aromatic nitrogens is 3. The van der Waals surface area contributed by atoms with Crippen LogP contribution in [-0.4, -0.2) is 45.4 Å². The van der Waals surface area contributed by atoms with Crippen LogP contribution >= 0.6 is 0 Å². The van der Waals surface area contributed by atoms with Crippen LogP contribution < -0.4 is 0 Å². The van der Waals surface area contributed by atoms with E-state index in [1.54, 1.807) is 20.8 Å². The van der Waals surface area contributed by atoms with Gasteiger partial charge in [0.2, 0.25) is 5.78 Å². The fourth-order valence-electron chi connectivity index (χ4n) is 2.39. The molecule has 0 saturated heterocycles. The molecule has 25 heavy (non-hydrogen) atoms. The van der Waals surface area contributed by atoms with Gasteiger partial charge in [0.25, 0.3) is 0 Å². The number of rotatable bonds is 6. The van der Waals surface area contributed by atoms with E-state index in [0.717, 1.165) is 0 Å². The van der Waals surface area contributed by atoms with Gasteiger partial charge in [-0.25, -0.2) is 14.6 Å². The van der Waals surface area contributed by atoms with Gasteiger partial charge < -0.3 is 14.5 Å². The number of ketones is 1. The molecule has 1 atom stereocenters. The highest BCUT2D eigenvalue weighted by molar-refractivity contribution is 6.04. The maximum Gasteiger partial charge on any atom is 0.359 e. The van der Waals surface area contributed by atoms with Gasteiger partial charge in [0, 0.05) is 18.1 Å². The summed E-state index contributed by atoms with van der Waals surface area (Å²) < 4.78 is 10.1. The number of carbonyl (C=O) groups excluding carboxylic acids is 3. The van der Waals surface area contributed by atoms with Gasteiger partial charge in [-0.05, 0) is 33.3 Å². The van der Waals surface area contributed by atoms with Crippen LogP contribution in [0.3, 0.4) is 0 Å². The first kappa shape index (κ1) is 18.3. The number of hydrogen-bond acceptors (Lipinski definition) is 7. The molecule has 0 spiro atoms. The topological polar surface area (TPSA) is 111 Å². The molecule has 2 aromatic heterocycles. The van der Waals surface area contributed by atoms with Crippen molar-refractivity contribution in [2.24, 2.45) is 0 Å². The van der Waals surface area contributed by atoms with Gasteiger partial charge in [-0.3, -0.25) is 9.78 Å². The highest BCUT2D eigenvalue weighted by atomic mass is 16.5. The lowest BCUT2D eigenvalue weighted by molar-refractivity contribution is 0.0310. The summed E-state index contributed by atoms with van der Waals surface area (Å²) >= 11 is 0. The van der Waals surface area contributed by atoms with Crippen molar-refractivity contribution < 1.29 is 23.9 Å². The molecule has 0 radical (unpaired) electrons. The molecule has 0 saturated carbocycles. The molecule has 0 bridgehead atoms. The zero-order valence-electron chi connectivity index (χ0n) is 14.5.